The van der Waals surface area contributed by atoms with Crippen molar-refractivity contribution in [1.82, 2.24) is 0 Å². The van der Waals surface area contributed by atoms with E-state index < -0.39 is 5.60 Å². The van der Waals surface area contributed by atoms with Gasteiger partial charge in [-0.3, -0.25) is 0 Å². The zero-order valence-electron chi connectivity index (χ0n) is 14.6. The van der Waals surface area contributed by atoms with Crippen molar-refractivity contribution in [2.45, 2.75) is 19.4 Å². The van der Waals surface area contributed by atoms with E-state index in [4.69, 9.17) is 9.73 Å². The molecule has 2 nitrogen and oxygen atoms in total. The van der Waals surface area contributed by atoms with E-state index in [1.807, 2.05) is 30.3 Å². The van der Waals surface area contributed by atoms with Gasteiger partial charge >= 0.3 is 0 Å². The fraction of sp³-hybridized carbons (Fsp3) is 0.174. The van der Waals surface area contributed by atoms with Gasteiger partial charge in [-0.1, -0.05) is 77.9 Å². The van der Waals surface area contributed by atoms with Crippen molar-refractivity contribution in [2.24, 2.45) is 4.99 Å². The van der Waals surface area contributed by atoms with Crippen molar-refractivity contribution in [3.63, 3.8) is 0 Å². The van der Waals surface area contributed by atoms with E-state index in [9.17, 15) is 0 Å². The maximum atomic E-state index is 6.57. The van der Waals surface area contributed by atoms with E-state index in [2.05, 4.69) is 62.4 Å². The number of nitrogens with zero attached hydrogens (tertiary/aromatic N) is 1. The number of aliphatic imine (C=N–C) groups is 1. The molecule has 1 aliphatic rings. The highest BCUT2D eigenvalue weighted by Crippen LogP contribution is 2.39. The van der Waals surface area contributed by atoms with Gasteiger partial charge in [0.05, 0.1) is 6.54 Å². The zero-order chi connectivity index (χ0) is 17.3. The maximum absolute atomic E-state index is 6.57. The molecule has 1 aliphatic heterocycles. The molecule has 0 saturated carbocycles. The van der Waals surface area contributed by atoms with Crippen LogP contribution in [-0.2, 0) is 10.3 Å². The minimum absolute atomic E-state index is 0.566. The van der Waals surface area contributed by atoms with Crippen LogP contribution < -0.4 is 0 Å². The third-order valence-corrected chi connectivity index (χ3v) is 4.71. The van der Waals surface area contributed by atoms with Crippen LogP contribution in [0.3, 0.4) is 0 Å². The smallest absolute Gasteiger partial charge is 0.217 e. The lowest BCUT2D eigenvalue weighted by atomic mass is 9.85. The topological polar surface area (TPSA) is 21.6 Å². The Hall–Kier alpha value is -2.87. The highest BCUT2D eigenvalue weighted by atomic mass is 16.5. The molecule has 0 radical (unpaired) electrons. The summed E-state index contributed by atoms with van der Waals surface area (Å²) < 4.78 is 6.57. The third-order valence-electron chi connectivity index (χ3n) is 4.71. The second-order valence-corrected chi connectivity index (χ2v) is 6.66. The van der Waals surface area contributed by atoms with E-state index in [0.717, 1.165) is 16.7 Å². The average molecular weight is 327 g/mol. The molecule has 0 atom stereocenters. The number of ether oxygens (including phenoxy) is 1. The first-order valence-electron chi connectivity index (χ1n) is 8.61. The molecule has 124 valence electrons. The molecule has 0 fully saturated rings. The van der Waals surface area contributed by atoms with Gasteiger partial charge in [0, 0.05) is 16.7 Å². The van der Waals surface area contributed by atoms with Crippen LogP contribution in [0.15, 0.2) is 83.9 Å². The fourth-order valence-corrected chi connectivity index (χ4v) is 3.40. The highest BCUT2D eigenvalue weighted by Gasteiger charge is 2.42. The van der Waals surface area contributed by atoms with Gasteiger partial charge in [0.1, 0.15) is 0 Å². The van der Waals surface area contributed by atoms with E-state index in [1.165, 1.54) is 11.1 Å². The summed E-state index contributed by atoms with van der Waals surface area (Å²) in [6, 6.07) is 27.2. The summed E-state index contributed by atoms with van der Waals surface area (Å²) in [5, 5.41) is 0. The summed E-state index contributed by atoms with van der Waals surface area (Å²) in [5.74, 6) is 0.712. The van der Waals surface area contributed by atoms with Crippen molar-refractivity contribution in [3.8, 4) is 0 Å². The number of hydrogen-bond donors (Lipinski definition) is 0. The Morgan fingerprint density at radius 2 is 1.36 bits per heavy atom. The molecular formula is C23H21NO. The normalized spacial score (nSPS) is 15.5. The largest absolute Gasteiger partial charge is 0.459 e. The van der Waals surface area contributed by atoms with Gasteiger partial charge in [0.2, 0.25) is 5.90 Å². The predicted molar refractivity (Wildman–Crippen MR) is 102 cm³/mol. The average Bonchev–Trinajstić information content (AvgIpc) is 3.09. The first kappa shape index (κ1) is 15.6. The Labute approximate surface area is 148 Å². The molecular weight excluding hydrogens is 306 g/mol. The second-order valence-electron chi connectivity index (χ2n) is 6.66. The van der Waals surface area contributed by atoms with E-state index in [1.54, 1.807) is 0 Å². The molecule has 0 spiro atoms. The minimum atomic E-state index is -0.566. The Bertz CT molecular complexity index is 882. The molecule has 4 rings (SSSR count). The maximum Gasteiger partial charge on any atom is 0.217 e. The van der Waals surface area contributed by atoms with Crippen LogP contribution in [0.1, 0.15) is 27.8 Å². The lowest BCUT2D eigenvalue weighted by molar-refractivity contribution is 0.132. The fourth-order valence-electron chi connectivity index (χ4n) is 3.40. The molecule has 0 amide bonds. The monoisotopic (exact) mass is 327 g/mol. The van der Waals surface area contributed by atoms with Crippen molar-refractivity contribution in [3.05, 3.63) is 107 Å². The van der Waals surface area contributed by atoms with Crippen LogP contribution in [0, 0.1) is 13.8 Å². The molecule has 2 heteroatoms. The van der Waals surface area contributed by atoms with E-state index in [-0.39, 0.29) is 0 Å². The van der Waals surface area contributed by atoms with Gasteiger partial charge in [-0.15, -0.1) is 0 Å². The Morgan fingerprint density at radius 1 is 0.760 bits per heavy atom. The lowest BCUT2D eigenvalue weighted by Crippen LogP contribution is -2.32. The summed E-state index contributed by atoms with van der Waals surface area (Å²) in [6.07, 6.45) is 0. The standard InChI is InChI=1S/C23H21NO/c1-17-8-6-12-20(14-17)23(21-13-7-9-18(2)15-21)16-24-22(25-23)19-10-4-3-5-11-19/h3-15H,16H2,1-2H3. The molecule has 0 unspecified atom stereocenters. The van der Waals surface area contributed by atoms with Crippen molar-refractivity contribution >= 4 is 5.90 Å². The SMILES string of the molecule is Cc1cccc(C2(c3cccc(C)c3)CN=C(c3ccccc3)O2)c1. The van der Waals surface area contributed by atoms with Crippen LogP contribution in [-0.4, -0.2) is 12.4 Å². The summed E-state index contributed by atoms with van der Waals surface area (Å²) in [7, 11) is 0. The van der Waals surface area contributed by atoms with Gasteiger partial charge in [0.15, 0.2) is 5.60 Å². The van der Waals surface area contributed by atoms with Gasteiger partial charge in [0.25, 0.3) is 0 Å². The lowest BCUT2D eigenvalue weighted by Gasteiger charge is -2.30. The van der Waals surface area contributed by atoms with E-state index >= 15 is 0 Å². The summed E-state index contributed by atoms with van der Waals surface area (Å²) in [6.45, 7) is 4.81. The number of aryl methyl sites for hydroxylation is 2. The molecule has 25 heavy (non-hydrogen) atoms. The summed E-state index contributed by atoms with van der Waals surface area (Å²) in [4.78, 5) is 4.77. The van der Waals surface area contributed by atoms with Crippen LogP contribution >= 0.6 is 0 Å². The van der Waals surface area contributed by atoms with Gasteiger partial charge in [-0.25, -0.2) is 4.99 Å². The van der Waals surface area contributed by atoms with E-state index in [0.29, 0.717) is 12.4 Å². The van der Waals surface area contributed by atoms with Crippen LogP contribution in [0.4, 0.5) is 0 Å². The van der Waals surface area contributed by atoms with Gasteiger partial charge in [-0.2, -0.15) is 0 Å². The van der Waals surface area contributed by atoms with Crippen LogP contribution in [0.2, 0.25) is 0 Å². The molecule has 0 aliphatic carbocycles. The number of rotatable bonds is 3. The molecule has 0 aromatic heterocycles. The van der Waals surface area contributed by atoms with Gasteiger partial charge < -0.3 is 4.74 Å². The Balaban J connectivity index is 1.82. The Kier molecular flexibility index (Phi) is 3.89. The minimum Gasteiger partial charge on any atom is -0.459 e. The summed E-state index contributed by atoms with van der Waals surface area (Å²) >= 11 is 0. The van der Waals surface area contributed by atoms with Crippen molar-refractivity contribution < 1.29 is 4.74 Å². The molecule has 0 bridgehead atoms. The highest BCUT2D eigenvalue weighted by molar-refractivity contribution is 5.95. The predicted octanol–water partition coefficient (Wildman–Crippen LogP) is 5.02. The first-order valence-corrected chi connectivity index (χ1v) is 8.61. The second kappa shape index (κ2) is 6.21. The zero-order valence-corrected chi connectivity index (χ0v) is 14.6. The van der Waals surface area contributed by atoms with Crippen LogP contribution in [0.25, 0.3) is 0 Å². The molecule has 0 N–H and O–H groups in total. The number of hydrogen-bond acceptors (Lipinski definition) is 2. The molecule has 3 aromatic rings. The Morgan fingerprint density at radius 3 is 1.92 bits per heavy atom. The van der Waals surface area contributed by atoms with Gasteiger partial charge in [-0.05, 0) is 26.0 Å². The molecule has 0 saturated heterocycles. The molecule has 3 aromatic carbocycles. The van der Waals surface area contributed by atoms with Crippen molar-refractivity contribution in [1.29, 1.82) is 0 Å². The van der Waals surface area contributed by atoms with Crippen molar-refractivity contribution in [2.75, 3.05) is 6.54 Å². The molecule has 1 heterocycles. The first-order chi connectivity index (χ1) is 12.2. The quantitative estimate of drug-likeness (QED) is 0.661. The number of benzene rings is 3. The van der Waals surface area contributed by atoms with Crippen LogP contribution in [0.5, 0.6) is 0 Å². The summed E-state index contributed by atoms with van der Waals surface area (Å²) in [5.41, 5.74) is 5.19. The third kappa shape index (κ3) is 2.85.